The van der Waals surface area contributed by atoms with E-state index in [0.717, 1.165) is 10.5 Å². The number of aliphatic hydroxyl groups excluding tert-OH is 1. The third kappa shape index (κ3) is 2.38. The Balaban J connectivity index is 1.89. The summed E-state index contributed by atoms with van der Waals surface area (Å²) in [6, 6.07) is 2.63. The Morgan fingerprint density at radius 2 is 2.04 bits per heavy atom. The van der Waals surface area contributed by atoms with E-state index in [0.29, 0.717) is 16.3 Å². The lowest BCUT2D eigenvalue weighted by molar-refractivity contribution is -0.143. The molecule has 150 valence electrons. The molecule has 0 saturated carbocycles. The van der Waals surface area contributed by atoms with Gasteiger partial charge in [-0.25, -0.2) is 0 Å². The maximum atomic E-state index is 13.3. The summed E-state index contributed by atoms with van der Waals surface area (Å²) in [7, 11) is 1.49. The van der Waals surface area contributed by atoms with E-state index in [1.807, 2.05) is 6.92 Å². The van der Waals surface area contributed by atoms with E-state index < -0.39 is 47.2 Å². The number of nitrogens with zero attached hydrogens (tertiary/aromatic N) is 1. The van der Waals surface area contributed by atoms with Gasteiger partial charge in [0.15, 0.2) is 0 Å². The number of hydrogen-bond acceptors (Lipinski definition) is 6. The van der Waals surface area contributed by atoms with E-state index in [9.17, 15) is 19.5 Å². The Morgan fingerprint density at radius 1 is 1.32 bits per heavy atom. The first-order valence-electron chi connectivity index (χ1n) is 9.16. The molecule has 2 saturated heterocycles. The summed E-state index contributed by atoms with van der Waals surface area (Å²) in [4.78, 5) is 40.7. The molecule has 0 aromatic heterocycles. The van der Waals surface area contributed by atoms with Gasteiger partial charge in [-0.2, -0.15) is 0 Å². The maximum absolute atomic E-state index is 13.3. The molecule has 1 aromatic carbocycles. The fourth-order valence-electron chi connectivity index (χ4n) is 4.84. The number of amides is 3. The lowest BCUT2D eigenvalue weighted by Crippen LogP contribution is -2.55. The topological polar surface area (TPSA) is 108 Å². The number of hydrogen-bond donors (Lipinski definition) is 3. The Morgan fingerprint density at radius 3 is 2.68 bits per heavy atom. The highest BCUT2D eigenvalue weighted by Crippen LogP contribution is 2.54. The molecule has 0 radical (unpaired) electrons. The number of aliphatic hydroxyl groups is 1. The first-order chi connectivity index (χ1) is 13.2. The van der Waals surface area contributed by atoms with Crippen molar-refractivity contribution in [3.8, 4) is 0 Å². The van der Waals surface area contributed by atoms with E-state index in [1.165, 1.54) is 7.11 Å². The van der Waals surface area contributed by atoms with Crippen LogP contribution in [0.1, 0.15) is 18.1 Å². The number of halogens is 1. The lowest BCUT2D eigenvalue weighted by Gasteiger charge is -2.30. The summed E-state index contributed by atoms with van der Waals surface area (Å²) in [5.41, 5.74) is 0.434. The van der Waals surface area contributed by atoms with Gasteiger partial charge in [0.2, 0.25) is 17.7 Å². The average Bonchev–Trinajstić information content (AvgIpc) is 3.21. The van der Waals surface area contributed by atoms with Crippen molar-refractivity contribution in [2.75, 3.05) is 25.6 Å². The molecule has 3 amide bonds. The second-order valence-electron chi connectivity index (χ2n) is 7.64. The average molecular weight is 408 g/mol. The van der Waals surface area contributed by atoms with Gasteiger partial charge < -0.3 is 15.2 Å². The standard InChI is InChI=1S/C19H22ClN3O5/c1-8-6-10(20)7-11-14(8)21-18(27)19(11)13-12(15(22-19)9(2)24)16(25)23(17(13)26)4-5-28-3/h6-7,9,12-13,15,22,24H,4-5H2,1-3H3,(H,21,27)/t9?,12-,13-,15?,19?/m0/s1. The van der Waals surface area contributed by atoms with E-state index in [-0.39, 0.29) is 13.2 Å². The zero-order valence-electron chi connectivity index (χ0n) is 15.8. The molecule has 3 aliphatic rings. The summed E-state index contributed by atoms with van der Waals surface area (Å²) in [5, 5.41) is 16.7. The van der Waals surface area contributed by atoms with Crippen molar-refractivity contribution in [3.63, 3.8) is 0 Å². The van der Waals surface area contributed by atoms with Crippen molar-refractivity contribution >= 4 is 35.0 Å². The molecule has 8 nitrogen and oxygen atoms in total. The van der Waals surface area contributed by atoms with Crippen LogP contribution in [0.25, 0.3) is 0 Å². The maximum Gasteiger partial charge on any atom is 0.250 e. The second kappa shape index (κ2) is 6.52. The fourth-order valence-corrected chi connectivity index (χ4v) is 5.11. The molecule has 0 aliphatic carbocycles. The van der Waals surface area contributed by atoms with Gasteiger partial charge in [0.25, 0.3) is 0 Å². The number of methoxy groups -OCH3 is 1. The van der Waals surface area contributed by atoms with Gasteiger partial charge >= 0.3 is 0 Å². The van der Waals surface area contributed by atoms with Crippen LogP contribution in [-0.2, 0) is 24.7 Å². The molecule has 3 unspecified atom stereocenters. The van der Waals surface area contributed by atoms with E-state index in [4.69, 9.17) is 16.3 Å². The number of likely N-dealkylation sites (tertiary alicyclic amines) is 1. The number of aryl methyl sites for hydroxylation is 1. The van der Waals surface area contributed by atoms with Gasteiger partial charge in [-0.3, -0.25) is 24.6 Å². The largest absolute Gasteiger partial charge is 0.392 e. The Labute approximate surface area is 167 Å². The number of carbonyl (C=O) groups excluding carboxylic acids is 3. The van der Waals surface area contributed by atoms with Crippen LogP contribution in [0, 0.1) is 18.8 Å². The third-order valence-corrected chi connectivity index (χ3v) is 6.27. The van der Waals surface area contributed by atoms with Gasteiger partial charge in [0, 0.05) is 29.4 Å². The summed E-state index contributed by atoms with van der Waals surface area (Å²) in [6.07, 6.45) is -0.942. The summed E-state index contributed by atoms with van der Waals surface area (Å²) < 4.78 is 5.01. The molecule has 1 spiro atoms. The van der Waals surface area contributed by atoms with Crippen molar-refractivity contribution in [3.05, 3.63) is 28.3 Å². The summed E-state index contributed by atoms with van der Waals surface area (Å²) >= 11 is 6.25. The first-order valence-corrected chi connectivity index (χ1v) is 9.53. The quantitative estimate of drug-likeness (QED) is 0.623. The Kier molecular flexibility index (Phi) is 4.50. The second-order valence-corrected chi connectivity index (χ2v) is 8.08. The van der Waals surface area contributed by atoms with Crippen LogP contribution in [0.3, 0.4) is 0 Å². The molecule has 28 heavy (non-hydrogen) atoms. The number of nitrogens with one attached hydrogen (secondary N) is 2. The van der Waals surface area contributed by atoms with Crippen molar-refractivity contribution in [2.45, 2.75) is 31.5 Å². The van der Waals surface area contributed by atoms with Crippen LogP contribution in [0.5, 0.6) is 0 Å². The summed E-state index contributed by atoms with van der Waals surface area (Å²) in [5.74, 6) is -3.07. The summed E-state index contributed by atoms with van der Waals surface area (Å²) in [6.45, 7) is 3.66. The Bertz CT molecular complexity index is 889. The van der Waals surface area contributed by atoms with Gasteiger partial charge in [-0.1, -0.05) is 11.6 Å². The Hall–Kier alpha value is -2.00. The SMILES string of the molecule is COCCN1C(=O)[C@@H]2C(C(C)O)NC3(C(=O)Nc4c(C)cc(Cl)cc43)[C@@H]2C1=O. The number of rotatable bonds is 4. The van der Waals surface area contributed by atoms with Crippen LogP contribution >= 0.6 is 11.6 Å². The third-order valence-electron chi connectivity index (χ3n) is 6.05. The van der Waals surface area contributed by atoms with Crippen molar-refractivity contribution < 1.29 is 24.2 Å². The fraction of sp³-hybridized carbons (Fsp3) is 0.526. The van der Waals surface area contributed by atoms with Crippen LogP contribution in [0.15, 0.2) is 12.1 Å². The molecule has 4 rings (SSSR count). The first kappa shape index (κ1) is 19.3. The molecule has 9 heteroatoms. The lowest BCUT2D eigenvalue weighted by atomic mass is 9.76. The molecular weight excluding hydrogens is 386 g/mol. The molecule has 0 bridgehead atoms. The number of carbonyl (C=O) groups is 3. The molecular formula is C19H22ClN3O5. The van der Waals surface area contributed by atoms with E-state index in [2.05, 4.69) is 10.6 Å². The van der Waals surface area contributed by atoms with E-state index >= 15 is 0 Å². The predicted octanol–water partition coefficient (Wildman–Crippen LogP) is 0.396. The van der Waals surface area contributed by atoms with Gasteiger partial charge in [0.05, 0.1) is 31.1 Å². The highest BCUT2D eigenvalue weighted by atomic mass is 35.5. The molecule has 3 aliphatic heterocycles. The zero-order valence-corrected chi connectivity index (χ0v) is 16.5. The predicted molar refractivity (Wildman–Crippen MR) is 101 cm³/mol. The molecule has 1 aromatic rings. The highest BCUT2D eigenvalue weighted by Gasteiger charge is 2.71. The minimum absolute atomic E-state index is 0.104. The van der Waals surface area contributed by atoms with Crippen molar-refractivity contribution in [2.24, 2.45) is 11.8 Å². The zero-order chi connectivity index (χ0) is 20.4. The van der Waals surface area contributed by atoms with Crippen molar-refractivity contribution in [1.82, 2.24) is 10.2 Å². The van der Waals surface area contributed by atoms with Gasteiger partial charge in [0.1, 0.15) is 5.54 Å². The number of fused-ring (bicyclic) bond motifs is 4. The monoisotopic (exact) mass is 407 g/mol. The molecule has 3 N–H and O–H groups in total. The smallest absolute Gasteiger partial charge is 0.250 e. The van der Waals surface area contributed by atoms with Gasteiger partial charge in [-0.05, 0) is 31.5 Å². The van der Waals surface area contributed by atoms with Gasteiger partial charge in [-0.15, -0.1) is 0 Å². The molecule has 5 atom stereocenters. The minimum atomic E-state index is -1.45. The number of anilines is 1. The van der Waals surface area contributed by atoms with Crippen LogP contribution in [0.4, 0.5) is 5.69 Å². The number of ether oxygens (including phenoxy) is 1. The number of benzene rings is 1. The van der Waals surface area contributed by atoms with Crippen LogP contribution in [0.2, 0.25) is 5.02 Å². The molecule has 2 fully saturated rings. The minimum Gasteiger partial charge on any atom is -0.392 e. The number of imide groups is 1. The van der Waals surface area contributed by atoms with Crippen molar-refractivity contribution in [1.29, 1.82) is 0 Å². The van der Waals surface area contributed by atoms with E-state index in [1.54, 1.807) is 19.1 Å². The van der Waals surface area contributed by atoms with Crippen LogP contribution < -0.4 is 10.6 Å². The molecule has 3 heterocycles. The normalized spacial score (nSPS) is 32.1. The highest BCUT2D eigenvalue weighted by molar-refractivity contribution is 6.31. The van der Waals surface area contributed by atoms with Crippen LogP contribution in [-0.4, -0.2) is 60.1 Å².